The monoisotopic (exact) mass is 258 g/mol. The summed E-state index contributed by atoms with van der Waals surface area (Å²) < 4.78 is 4.70. The summed E-state index contributed by atoms with van der Waals surface area (Å²) in [7, 11) is 0. The molecule has 0 bridgehead atoms. The molecule has 1 fully saturated rings. The van der Waals surface area contributed by atoms with Crippen LogP contribution in [0.2, 0.25) is 0 Å². The summed E-state index contributed by atoms with van der Waals surface area (Å²) in [5.74, 6) is -0.422. The molecule has 1 heterocycles. The molecule has 0 aliphatic carbocycles. The maximum absolute atomic E-state index is 11.3. The van der Waals surface area contributed by atoms with Gasteiger partial charge in [0.1, 0.15) is 6.54 Å². The molecule has 3 N–H and O–H groups in total. The molecule has 18 heavy (non-hydrogen) atoms. The van der Waals surface area contributed by atoms with Gasteiger partial charge in [0, 0.05) is 39.3 Å². The van der Waals surface area contributed by atoms with E-state index in [0.717, 1.165) is 32.7 Å². The molecular weight excluding hydrogens is 236 g/mol. The number of nitrogens with zero attached hydrogens (tertiary/aromatic N) is 1. The summed E-state index contributed by atoms with van der Waals surface area (Å²) in [5.41, 5.74) is 0. The first kappa shape index (κ1) is 14.7. The number of urea groups is 1. The topological polar surface area (TPSA) is 82.7 Å². The SMILES string of the molecule is CCOC(=O)CNC(=O)NCCN1CCNCC1. The van der Waals surface area contributed by atoms with Gasteiger partial charge >= 0.3 is 12.0 Å². The molecule has 0 aromatic carbocycles. The normalized spacial score (nSPS) is 16.1. The lowest BCUT2D eigenvalue weighted by Crippen LogP contribution is -2.47. The van der Waals surface area contributed by atoms with E-state index in [1.165, 1.54) is 0 Å². The van der Waals surface area contributed by atoms with Crippen LogP contribution in [0, 0.1) is 0 Å². The van der Waals surface area contributed by atoms with Crippen LogP contribution in [0.25, 0.3) is 0 Å². The van der Waals surface area contributed by atoms with Crippen LogP contribution in [-0.4, -0.2) is 69.3 Å². The fraction of sp³-hybridized carbons (Fsp3) is 0.818. The van der Waals surface area contributed by atoms with E-state index in [-0.39, 0.29) is 12.6 Å². The first-order valence-electron chi connectivity index (χ1n) is 6.32. The molecule has 1 saturated heterocycles. The fourth-order valence-electron chi connectivity index (χ4n) is 1.69. The van der Waals surface area contributed by atoms with Crippen LogP contribution in [-0.2, 0) is 9.53 Å². The number of rotatable bonds is 6. The Bertz CT molecular complexity index is 267. The van der Waals surface area contributed by atoms with Crippen molar-refractivity contribution in [2.75, 3.05) is 52.4 Å². The van der Waals surface area contributed by atoms with Gasteiger partial charge in [0.05, 0.1) is 6.61 Å². The third kappa shape index (κ3) is 6.41. The van der Waals surface area contributed by atoms with Crippen molar-refractivity contribution in [2.24, 2.45) is 0 Å². The van der Waals surface area contributed by atoms with Crippen LogP contribution in [0.1, 0.15) is 6.92 Å². The van der Waals surface area contributed by atoms with Crippen LogP contribution in [0.15, 0.2) is 0 Å². The molecule has 104 valence electrons. The average Bonchev–Trinajstić information content (AvgIpc) is 2.38. The second-order valence-corrected chi connectivity index (χ2v) is 4.01. The Hall–Kier alpha value is -1.34. The zero-order valence-corrected chi connectivity index (χ0v) is 10.8. The van der Waals surface area contributed by atoms with Crippen molar-refractivity contribution in [2.45, 2.75) is 6.92 Å². The van der Waals surface area contributed by atoms with Crippen molar-refractivity contribution in [1.29, 1.82) is 0 Å². The number of amides is 2. The van der Waals surface area contributed by atoms with Gasteiger partial charge in [-0.15, -0.1) is 0 Å². The third-order valence-corrected chi connectivity index (χ3v) is 2.62. The number of carbonyl (C=O) groups is 2. The third-order valence-electron chi connectivity index (χ3n) is 2.62. The summed E-state index contributed by atoms with van der Waals surface area (Å²) >= 11 is 0. The van der Waals surface area contributed by atoms with Crippen LogP contribution in [0.4, 0.5) is 4.79 Å². The molecule has 0 unspecified atom stereocenters. The smallest absolute Gasteiger partial charge is 0.325 e. The average molecular weight is 258 g/mol. The van der Waals surface area contributed by atoms with Gasteiger partial charge in [0.15, 0.2) is 0 Å². The molecule has 2 amide bonds. The minimum atomic E-state index is -0.422. The Kier molecular flexibility index (Phi) is 7.12. The Morgan fingerprint density at radius 1 is 1.28 bits per heavy atom. The van der Waals surface area contributed by atoms with Gasteiger partial charge in [-0.2, -0.15) is 0 Å². The lowest BCUT2D eigenvalue weighted by molar-refractivity contribution is -0.141. The molecule has 0 radical (unpaired) electrons. The highest BCUT2D eigenvalue weighted by molar-refractivity contribution is 5.80. The fourth-order valence-corrected chi connectivity index (χ4v) is 1.69. The minimum Gasteiger partial charge on any atom is -0.465 e. The van der Waals surface area contributed by atoms with Gasteiger partial charge in [-0.1, -0.05) is 0 Å². The molecule has 0 spiro atoms. The van der Waals surface area contributed by atoms with Gasteiger partial charge < -0.3 is 20.7 Å². The van der Waals surface area contributed by atoms with E-state index in [1.54, 1.807) is 6.92 Å². The van der Waals surface area contributed by atoms with Crippen LogP contribution in [0.3, 0.4) is 0 Å². The van der Waals surface area contributed by atoms with Gasteiger partial charge in [-0.3, -0.25) is 9.69 Å². The molecule has 1 aliphatic rings. The zero-order chi connectivity index (χ0) is 13.2. The second-order valence-electron chi connectivity index (χ2n) is 4.01. The van der Waals surface area contributed by atoms with E-state index in [1.807, 2.05) is 0 Å². The van der Waals surface area contributed by atoms with Crippen LogP contribution in [0.5, 0.6) is 0 Å². The van der Waals surface area contributed by atoms with Crippen molar-refractivity contribution in [3.63, 3.8) is 0 Å². The van der Waals surface area contributed by atoms with E-state index in [0.29, 0.717) is 13.2 Å². The Morgan fingerprint density at radius 3 is 2.67 bits per heavy atom. The maximum Gasteiger partial charge on any atom is 0.325 e. The number of hydrogen-bond donors (Lipinski definition) is 3. The van der Waals surface area contributed by atoms with Crippen molar-refractivity contribution in [3.8, 4) is 0 Å². The summed E-state index contributed by atoms with van der Waals surface area (Å²) in [6.45, 7) is 7.37. The van der Waals surface area contributed by atoms with Crippen LogP contribution >= 0.6 is 0 Å². The van der Waals surface area contributed by atoms with Crippen molar-refractivity contribution in [1.82, 2.24) is 20.9 Å². The van der Waals surface area contributed by atoms with Gasteiger partial charge in [-0.05, 0) is 6.92 Å². The predicted octanol–water partition coefficient (Wildman–Crippen LogP) is -1.25. The zero-order valence-electron chi connectivity index (χ0n) is 10.8. The van der Waals surface area contributed by atoms with E-state index >= 15 is 0 Å². The summed E-state index contributed by atoms with van der Waals surface area (Å²) in [5, 5.41) is 8.42. The molecule has 7 nitrogen and oxygen atoms in total. The molecule has 0 aromatic rings. The molecule has 0 saturated carbocycles. The number of piperazine rings is 1. The quantitative estimate of drug-likeness (QED) is 0.519. The van der Waals surface area contributed by atoms with Gasteiger partial charge in [-0.25, -0.2) is 4.79 Å². The van der Waals surface area contributed by atoms with E-state index < -0.39 is 5.97 Å². The minimum absolute atomic E-state index is 0.0900. The highest BCUT2D eigenvalue weighted by Crippen LogP contribution is 1.89. The number of carbonyl (C=O) groups excluding carboxylic acids is 2. The largest absolute Gasteiger partial charge is 0.465 e. The first-order valence-corrected chi connectivity index (χ1v) is 6.32. The first-order chi connectivity index (χ1) is 8.72. The van der Waals surface area contributed by atoms with Crippen molar-refractivity contribution in [3.05, 3.63) is 0 Å². The highest BCUT2D eigenvalue weighted by Gasteiger charge is 2.09. The Balaban J connectivity index is 2.00. The number of nitrogens with one attached hydrogen (secondary N) is 3. The molecule has 1 aliphatic heterocycles. The van der Waals surface area contributed by atoms with Gasteiger partial charge in [0.25, 0.3) is 0 Å². The van der Waals surface area contributed by atoms with E-state index in [2.05, 4.69) is 20.9 Å². The maximum atomic E-state index is 11.3. The number of ether oxygens (including phenoxy) is 1. The summed E-state index contributed by atoms with van der Waals surface area (Å²) in [6, 6.07) is -0.335. The van der Waals surface area contributed by atoms with Gasteiger partial charge in [0.2, 0.25) is 0 Å². The second kappa shape index (κ2) is 8.71. The standard InChI is InChI=1S/C11H22N4O3/c1-2-18-10(16)9-14-11(17)13-5-8-15-6-3-12-4-7-15/h12H,2-9H2,1H3,(H2,13,14,17). The van der Waals surface area contributed by atoms with Crippen molar-refractivity contribution < 1.29 is 14.3 Å². The Morgan fingerprint density at radius 2 is 2.00 bits per heavy atom. The molecule has 1 rings (SSSR count). The number of esters is 1. The lowest BCUT2D eigenvalue weighted by Gasteiger charge is -2.27. The Labute approximate surface area is 107 Å². The molecule has 0 aromatic heterocycles. The van der Waals surface area contributed by atoms with Crippen molar-refractivity contribution >= 4 is 12.0 Å². The predicted molar refractivity (Wildman–Crippen MR) is 67.3 cm³/mol. The summed E-state index contributed by atoms with van der Waals surface area (Å²) in [6.07, 6.45) is 0. The highest BCUT2D eigenvalue weighted by atomic mass is 16.5. The lowest BCUT2D eigenvalue weighted by atomic mass is 10.3. The molecular formula is C11H22N4O3. The van der Waals surface area contributed by atoms with Crippen LogP contribution < -0.4 is 16.0 Å². The summed E-state index contributed by atoms with van der Waals surface area (Å²) in [4.78, 5) is 24.6. The number of hydrogen-bond acceptors (Lipinski definition) is 5. The van der Waals surface area contributed by atoms with E-state index in [4.69, 9.17) is 4.74 Å². The molecule has 7 heteroatoms. The van der Waals surface area contributed by atoms with E-state index in [9.17, 15) is 9.59 Å². The molecule has 0 atom stereocenters.